The summed E-state index contributed by atoms with van der Waals surface area (Å²) in [6, 6.07) is 10.6. The molecule has 1 atom stereocenters. The van der Waals surface area contributed by atoms with E-state index < -0.39 is 5.41 Å². The van der Waals surface area contributed by atoms with E-state index in [0.717, 1.165) is 44.5 Å². The first-order chi connectivity index (χ1) is 14.0. The minimum absolute atomic E-state index is 0.0618. The summed E-state index contributed by atoms with van der Waals surface area (Å²) in [6.07, 6.45) is 10.4. The summed E-state index contributed by atoms with van der Waals surface area (Å²) in [5.41, 5.74) is 0.309. The highest BCUT2D eigenvalue weighted by atomic mass is 16.5. The second-order valence-electron chi connectivity index (χ2n) is 8.51. The van der Waals surface area contributed by atoms with E-state index in [9.17, 15) is 10.1 Å². The zero-order valence-corrected chi connectivity index (χ0v) is 18.4. The molecule has 0 radical (unpaired) electrons. The topological polar surface area (TPSA) is 59.3 Å². The minimum atomic E-state index is -1.03. The third-order valence-corrected chi connectivity index (χ3v) is 6.22. The van der Waals surface area contributed by atoms with Crippen molar-refractivity contribution in [3.8, 4) is 11.8 Å². The van der Waals surface area contributed by atoms with E-state index >= 15 is 0 Å². The van der Waals surface area contributed by atoms with Gasteiger partial charge in [0.05, 0.1) is 12.7 Å². The van der Waals surface area contributed by atoms with Crippen LogP contribution in [0, 0.1) is 16.7 Å². The molecule has 1 unspecified atom stereocenters. The van der Waals surface area contributed by atoms with E-state index in [1.165, 1.54) is 31.2 Å². The molecular formula is C25H37NO3. The van der Waals surface area contributed by atoms with Gasteiger partial charge in [-0.1, -0.05) is 51.7 Å². The quantitative estimate of drug-likeness (QED) is 0.313. The van der Waals surface area contributed by atoms with Crippen LogP contribution in [-0.2, 0) is 9.53 Å². The van der Waals surface area contributed by atoms with E-state index in [1.807, 2.05) is 6.92 Å². The van der Waals surface area contributed by atoms with Gasteiger partial charge in [0.25, 0.3) is 0 Å². The molecule has 1 aromatic rings. The second-order valence-corrected chi connectivity index (χ2v) is 8.51. The molecule has 4 heteroatoms. The molecule has 0 aliphatic heterocycles. The molecule has 1 saturated carbocycles. The van der Waals surface area contributed by atoms with Crippen molar-refractivity contribution < 1.29 is 14.3 Å². The molecule has 1 aliphatic rings. The fourth-order valence-corrected chi connectivity index (χ4v) is 3.80. The van der Waals surface area contributed by atoms with Crippen LogP contribution in [0.25, 0.3) is 0 Å². The second kappa shape index (κ2) is 11.9. The molecular weight excluding hydrogens is 362 g/mol. The van der Waals surface area contributed by atoms with Gasteiger partial charge in [0, 0.05) is 0 Å². The predicted molar refractivity (Wildman–Crippen MR) is 116 cm³/mol. The zero-order valence-electron chi connectivity index (χ0n) is 18.4. The van der Waals surface area contributed by atoms with Crippen molar-refractivity contribution in [3.05, 3.63) is 29.8 Å². The maximum atomic E-state index is 12.3. The summed E-state index contributed by atoms with van der Waals surface area (Å²) < 4.78 is 11.5. The monoisotopic (exact) mass is 399 g/mol. The van der Waals surface area contributed by atoms with Gasteiger partial charge >= 0.3 is 5.97 Å². The lowest BCUT2D eigenvalue weighted by atomic mass is 9.82. The van der Waals surface area contributed by atoms with Gasteiger partial charge in [0.2, 0.25) is 0 Å². The fourth-order valence-electron chi connectivity index (χ4n) is 3.80. The Morgan fingerprint density at radius 3 is 2.31 bits per heavy atom. The lowest BCUT2D eigenvalue weighted by molar-refractivity contribution is -0.159. The van der Waals surface area contributed by atoms with Crippen LogP contribution in [0.4, 0.5) is 0 Å². The standard InChI is InChI=1S/C25H37NO3/c1-4-6-7-8-9-18-28-22-14-10-20(11-15-22)21-12-16-23(17-13-21)29-24(27)25(3,5-2)19-26/h10-11,14-15,21,23H,4-9,12-13,16-18H2,1-3H3. The lowest BCUT2D eigenvalue weighted by Gasteiger charge is -2.30. The van der Waals surface area contributed by atoms with Gasteiger partial charge in [-0.15, -0.1) is 0 Å². The number of rotatable bonds is 11. The summed E-state index contributed by atoms with van der Waals surface area (Å²) >= 11 is 0. The number of benzene rings is 1. The number of nitriles is 1. The number of hydrogen-bond donors (Lipinski definition) is 0. The van der Waals surface area contributed by atoms with Crippen LogP contribution in [0.5, 0.6) is 5.75 Å². The molecule has 4 nitrogen and oxygen atoms in total. The number of esters is 1. The van der Waals surface area contributed by atoms with Crippen LogP contribution in [0.1, 0.15) is 96.5 Å². The number of carbonyl (C=O) groups excluding carboxylic acids is 1. The Balaban J connectivity index is 1.74. The van der Waals surface area contributed by atoms with E-state index in [4.69, 9.17) is 9.47 Å². The summed E-state index contributed by atoms with van der Waals surface area (Å²) in [7, 11) is 0. The van der Waals surface area contributed by atoms with Crippen molar-refractivity contribution in [1.29, 1.82) is 5.26 Å². The Hall–Kier alpha value is -2.02. The first kappa shape index (κ1) is 23.3. The third-order valence-electron chi connectivity index (χ3n) is 6.22. The van der Waals surface area contributed by atoms with Gasteiger partial charge in [-0.25, -0.2) is 0 Å². The van der Waals surface area contributed by atoms with Crippen molar-refractivity contribution in [3.63, 3.8) is 0 Å². The minimum Gasteiger partial charge on any atom is -0.494 e. The Bertz CT molecular complexity index is 656. The average Bonchev–Trinajstić information content (AvgIpc) is 2.76. The van der Waals surface area contributed by atoms with Crippen molar-refractivity contribution in [2.45, 2.75) is 97.0 Å². The Morgan fingerprint density at radius 1 is 1.07 bits per heavy atom. The van der Waals surface area contributed by atoms with Crippen molar-refractivity contribution in [2.75, 3.05) is 6.61 Å². The Kier molecular flexibility index (Phi) is 9.51. The van der Waals surface area contributed by atoms with Gasteiger partial charge in [0.15, 0.2) is 5.41 Å². The molecule has 0 bridgehead atoms. The first-order valence-corrected chi connectivity index (χ1v) is 11.4. The molecule has 0 heterocycles. The highest BCUT2D eigenvalue weighted by Crippen LogP contribution is 2.35. The predicted octanol–water partition coefficient (Wildman–Crippen LogP) is 6.55. The summed E-state index contributed by atoms with van der Waals surface area (Å²) in [5.74, 6) is 1.07. The molecule has 0 N–H and O–H groups in total. The molecule has 0 saturated heterocycles. The van der Waals surface area contributed by atoms with Crippen LogP contribution in [0.2, 0.25) is 0 Å². The van der Waals surface area contributed by atoms with Gasteiger partial charge in [0.1, 0.15) is 11.9 Å². The smallest absolute Gasteiger partial charge is 0.326 e. The van der Waals surface area contributed by atoms with E-state index in [0.29, 0.717) is 12.3 Å². The van der Waals surface area contributed by atoms with Gasteiger partial charge in [-0.05, 0) is 69.1 Å². The molecule has 160 valence electrons. The number of nitrogens with zero attached hydrogens (tertiary/aromatic N) is 1. The highest BCUT2D eigenvalue weighted by molar-refractivity contribution is 5.79. The molecule has 0 spiro atoms. The van der Waals surface area contributed by atoms with Crippen LogP contribution < -0.4 is 4.74 Å². The Labute approximate surface area is 176 Å². The number of unbranched alkanes of at least 4 members (excludes halogenated alkanes) is 4. The summed E-state index contributed by atoms with van der Waals surface area (Å²) in [4.78, 5) is 12.3. The van der Waals surface area contributed by atoms with E-state index in [1.54, 1.807) is 6.92 Å². The fraction of sp³-hybridized carbons (Fsp3) is 0.680. The van der Waals surface area contributed by atoms with Gasteiger partial charge in [-0.3, -0.25) is 4.79 Å². The van der Waals surface area contributed by atoms with Crippen molar-refractivity contribution in [2.24, 2.45) is 5.41 Å². The summed E-state index contributed by atoms with van der Waals surface area (Å²) in [6.45, 7) is 6.53. The van der Waals surface area contributed by atoms with Crippen molar-refractivity contribution >= 4 is 5.97 Å². The van der Waals surface area contributed by atoms with E-state index in [2.05, 4.69) is 37.3 Å². The molecule has 2 rings (SSSR count). The zero-order chi connectivity index (χ0) is 21.1. The van der Waals surface area contributed by atoms with E-state index in [-0.39, 0.29) is 12.1 Å². The molecule has 1 aliphatic carbocycles. The number of hydrogen-bond acceptors (Lipinski definition) is 4. The first-order valence-electron chi connectivity index (χ1n) is 11.4. The third kappa shape index (κ3) is 7.07. The van der Waals surface area contributed by atoms with Crippen LogP contribution in [0.3, 0.4) is 0 Å². The molecule has 29 heavy (non-hydrogen) atoms. The lowest BCUT2D eigenvalue weighted by Crippen LogP contribution is -2.33. The van der Waals surface area contributed by atoms with Crippen LogP contribution in [0.15, 0.2) is 24.3 Å². The van der Waals surface area contributed by atoms with Gasteiger partial charge in [-0.2, -0.15) is 5.26 Å². The van der Waals surface area contributed by atoms with Crippen molar-refractivity contribution in [1.82, 2.24) is 0 Å². The largest absolute Gasteiger partial charge is 0.494 e. The number of carbonyl (C=O) groups is 1. The molecule has 1 fully saturated rings. The maximum Gasteiger partial charge on any atom is 0.326 e. The number of ether oxygens (including phenoxy) is 2. The maximum absolute atomic E-state index is 12.3. The summed E-state index contributed by atoms with van der Waals surface area (Å²) in [5, 5.41) is 9.24. The average molecular weight is 400 g/mol. The van der Waals surface area contributed by atoms with Crippen LogP contribution >= 0.6 is 0 Å². The molecule has 0 aromatic heterocycles. The molecule has 1 aromatic carbocycles. The Morgan fingerprint density at radius 2 is 1.72 bits per heavy atom. The van der Waals surface area contributed by atoms with Gasteiger partial charge < -0.3 is 9.47 Å². The SMILES string of the molecule is CCCCCCCOc1ccc(C2CCC(OC(=O)C(C)(C#N)CC)CC2)cc1. The molecule has 0 amide bonds. The highest BCUT2D eigenvalue weighted by Gasteiger charge is 2.35. The van der Waals surface area contributed by atoms with Crippen LogP contribution in [-0.4, -0.2) is 18.7 Å². The normalized spacial score (nSPS) is 21.0.